The van der Waals surface area contributed by atoms with E-state index in [0.29, 0.717) is 15.8 Å². The Balaban J connectivity index is 2.10. The van der Waals surface area contributed by atoms with Crippen molar-refractivity contribution < 1.29 is 18.3 Å². The van der Waals surface area contributed by atoms with Crippen LogP contribution in [0.25, 0.3) is 0 Å². The SMILES string of the molecule is COc1ccc(Br)c(C(=O)N2CC(C(F)F)C2)c1. The van der Waals surface area contributed by atoms with Gasteiger partial charge < -0.3 is 9.64 Å². The summed E-state index contributed by atoms with van der Waals surface area (Å²) in [6.45, 7) is 0.223. The van der Waals surface area contributed by atoms with Gasteiger partial charge in [0, 0.05) is 17.6 Å². The molecule has 0 atom stereocenters. The third-order valence-electron chi connectivity index (χ3n) is 2.96. The van der Waals surface area contributed by atoms with Gasteiger partial charge in [-0.05, 0) is 34.1 Å². The molecule has 98 valence electrons. The van der Waals surface area contributed by atoms with E-state index >= 15 is 0 Å². The van der Waals surface area contributed by atoms with Crippen LogP contribution < -0.4 is 4.74 Å². The van der Waals surface area contributed by atoms with Crippen LogP contribution in [-0.2, 0) is 0 Å². The number of amides is 1. The molecule has 18 heavy (non-hydrogen) atoms. The molecule has 1 amide bonds. The molecule has 0 radical (unpaired) electrons. The summed E-state index contributed by atoms with van der Waals surface area (Å²) in [5, 5.41) is 0. The first-order valence-electron chi connectivity index (χ1n) is 5.44. The van der Waals surface area contributed by atoms with Crippen LogP contribution in [0.2, 0.25) is 0 Å². The molecular formula is C12H12BrF2NO2. The van der Waals surface area contributed by atoms with Crippen molar-refractivity contribution in [2.75, 3.05) is 20.2 Å². The van der Waals surface area contributed by atoms with E-state index in [9.17, 15) is 13.6 Å². The molecule has 1 fully saturated rings. The lowest BCUT2D eigenvalue weighted by Gasteiger charge is -2.38. The molecule has 1 aliphatic rings. The summed E-state index contributed by atoms with van der Waals surface area (Å²) >= 11 is 3.27. The minimum atomic E-state index is -2.36. The number of alkyl halides is 2. The zero-order valence-electron chi connectivity index (χ0n) is 9.70. The summed E-state index contributed by atoms with van der Waals surface area (Å²) in [7, 11) is 1.51. The fourth-order valence-corrected chi connectivity index (χ4v) is 2.22. The molecule has 0 N–H and O–H groups in total. The first-order chi connectivity index (χ1) is 8.52. The maximum Gasteiger partial charge on any atom is 0.255 e. The smallest absolute Gasteiger partial charge is 0.255 e. The van der Waals surface area contributed by atoms with Crippen molar-refractivity contribution in [3.05, 3.63) is 28.2 Å². The molecule has 2 rings (SSSR count). The van der Waals surface area contributed by atoms with Crippen molar-refractivity contribution >= 4 is 21.8 Å². The van der Waals surface area contributed by atoms with E-state index < -0.39 is 12.3 Å². The third-order valence-corrected chi connectivity index (χ3v) is 3.65. The quantitative estimate of drug-likeness (QED) is 0.857. The number of halogens is 3. The molecule has 0 spiro atoms. The maximum absolute atomic E-state index is 12.3. The summed E-state index contributed by atoms with van der Waals surface area (Å²) in [4.78, 5) is 13.5. The highest BCUT2D eigenvalue weighted by molar-refractivity contribution is 9.10. The Bertz CT molecular complexity index is 461. The number of benzene rings is 1. The van der Waals surface area contributed by atoms with Crippen LogP contribution in [0.3, 0.4) is 0 Å². The standard InChI is InChI=1S/C12H12BrF2NO2/c1-18-8-2-3-10(13)9(4-8)12(17)16-5-7(6-16)11(14)15/h2-4,7,11H,5-6H2,1H3. The first kappa shape index (κ1) is 13.3. The van der Waals surface area contributed by atoms with Gasteiger partial charge in [-0.15, -0.1) is 0 Å². The fraction of sp³-hybridized carbons (Fsp3) is 0.417. The Labute approximate surface area is 112 Å². The molecule has 1 aromatic rings. The molecule has 3 nitrogen and oxygen atoms in total. The van der Waals surface area contributed by atoms with Gasteiger partial charge in [0.05, 0.1) is 18.6 Å². The van der Waals surface area contributed by atoms with E-state index in [1.54, 1.807) is 18.2 Å². The molecule has 0 aromatic heterocycles. The molecule has 0 aliphatic carbocycles. The van der Waals surface area contributed by atoms with Crippen LogP contribution in [0.15, 0.2) is 22.7 Å². The van der Waals surface area contributed by atoms with Crippen molar-refractivity contribution in [3.63, 3.8) is 0 Å². The molecule has 6 heteroatoms. The van der Waals surface area contributed by atoms with Gasteiger partial charge in [-0.1, -0.05) is 0 Å². The predicted molar refractivity (Wildman–Crippen MR) is 66.1 cm³/mol. The summed E-state index contributed by atoms with van der Waals surface area (Å²) in [6, 6.07) is 5.03. The lowest BCUT2D eigenvalue weighted by Crippen LogP contribution is -2.52. The predicted octanol–water partition coefficient (Wildman–Crippen LogP) is 2.79. The van der Waals surface area contributed by atoms with Gasteiger partial charge in [-0.2, -0.15) is 0 Å². The van der Waals surface area contributed by atoms with Gasteiger partial charge in [0.2, 0.25) is 6.43 Å². The number of hydrogen-bond donors (Lipinski definition) is 0. The number of nitrogens with zero attached hydrogens (tertiary/aromatic N) is 1. The summed E-state index contributed by atoms with van der Waals surface area (Å²) in [5.41, 5.74) is 0.432. The highest BCUT2D eigenvalue weighted by Gasteiger charge is 2.37. The Morgan fingerprint density at radius 3 is 2.72 bits per heavy atom. The molecular weight excluding hydrogens is 308 g/mol. The topological polar surface area (TPSA) is 29.5 Å². The van der Waals surface area contributed by atoms with Crippen molar-refractivity contribution in [1.82, 2.24) is 4.90 Å². The zero-order chi connectivity index (χ0) is 13.3. The largest absolute Gasteiger partial charge is 0.497 e. The zero-order valence-corrected chi connectivity index (χ0v) is 11.3. The molecule has 0 saturated carbocycles. The molecule has 0 unspecified atom stereocenters. The Morgan fingerprint density at radius 2 is 2.17 bits per heavy atom. The number of ether oxygens (including phenoxy) is 1. The maximum atomic E-state index is 12.3. The highest BCUT2D eigenvalue weighted by Crippen LogP contribution is 2.28. The van der Waals surface area contributed by atoms with Gasteiger partial charge in [0.1, 0.15) is 5.75 Å². The van der Waals surface area contributed by atoms with Crippen LogP contribution in [0.4, 0.5) is 8.78 Å². The van der Waals surface area contributed by atoms with Crippen LogP contribution in [0.5, 0.6) is 5.75 Å². The number of methoxy groups -OCH3 is 1. The average Bonchev–Trinajstić information content (AvgIpc) is 2.27. The van der Waals surface area contributed by atoms with Gasteiger partial charge in [0.25, 0.3) is 5.91 Å². The van der Waals surface area contributed by atoms with E-state index in [-0.39, 0.29) is 19.0 Å². The molecule has 1 aromatic carbocycles. The first-order valence-corrected chi connectivity index (χ1v) is 6.23. The summed E-state index contributed by atoms with van der Waals surface area (Å²) in [5.74, 6) is -0.386. The monoisotopic (exact) mass is 319 g/mol. The number of rotatable bonds is 3. The third kappa shape index (κ3) is 2.48. The van der Waals surface area contributed by atoms with Crippen LogP contribution >= 0.6 is 15.9 Å². The van der Waals surface area contributed by atoms with Crippen LogP contribution in [-0.4, -0.2) is 37.4 Å². The lowest BCUT2D eigenvalue weighted by atomic mass is 9.99. The van der Waals surface area contributed by atoms with Crippen LogP contribution in [0, 0.1) is 5.92 Å². The van der Waals surface area contributed by atoms with E-state index in [2.05, 4.69) is 15.9 Å². The van der Waals surface area contributed by atoms with Gasteiger partial charge >= 0.3 is 0 Å². The molecule has 0 bridgehead atoms. The van der Waals surface area contributed by atoms with E-state index in [1.165, 1.54) is 12.0 Å². The Hall–Kier alpha value is -1.17. The van der Waals surface area contributed by atoms with E-state index in [4.69, 9.17) is 4.74 Å². The number of hydrogen-bond acceptors (Lipinski definition) is 2. The Kier molecular flexibility index (Phi) is 3.85. The van der Waals surface area contributed by atoms with Gasteiger partial charge in [-0.3, -0.25) is 4.79 Å². The number of carbonyl (C=O) groups is 1. The van der Waals surface area contributed by atoms with Crippen molar-refractivity contribution in [1.29, 1.82) is 0 Å². The minimum Gasteiger partial charge on any atom is -0.497 e. The average molecular weight is 320 g/mol. The molecule has 1 saturated heterocycles. The second-order valence-electron chi connectivity index (χ2n) is 4.15. The second kappa shape index (κ2) is 5.22. The number of carbonyl (C=O) groups excluding carboxylic acids is 1. The minimum absolute atomic E-state index is 0.111. The molecule has 1 heterocycles. The summed E-state index contributed by atoms with van der Waals surface area (Å²) < 4.78 is 30.4. The highest BCUT2D eigenvalue weighted by atomic mass is 79.9. The van der Waals surface area contributed by atoms with Crippen LogP contribution in [0.1, 0.15) is 10.4 Å². The number of likely N-dealkylation sites (tertiary alicyclic amines) is 1. The van der Waals surface area contributed by atoms with E-state index in [0.717, 1.165) is 0 Å². The Morgan fingerprint density at radius 1 is 1.50 bits per heavy atom. The van der Waals surface area contributed by atoms with Gasteiger partial charge in [-0.25, -0.2) is 8.78 Å². The fourth-order valence-electron chi connectivity index (χ4n) is 1.80. The molecule has 1 aliphatic heterocycles. The van der Waals surface area contributed by atoms with Crippen molar-refractivity contribution in [2.24, 2.45) is 5.92 Å². The van der Waals surface area contributed by atoms with Crippen molar-refractivity contribution in [2.45, 2.75) is 6.43 Å². The van der Waals surface area contributed by atoms with Crippen molar-refractivity contribution in [3.8, 4) is 5.75 Å². The normalized spacial score (nSPS) is 15.7. The second-order valence-corrected chi connectivity index (χ2v) is 5.00. The van der Waals surface area contributed by atoms with Gasteiger partial charge in [0.15, 0.2) is 0 Å². The van der Waals surface area contributed by atoms with E-state index in [1.807, 2.05) is 0 Å². The summed E-state index contributed by atoms with van der Waals surface area (Å²) in [6.07, 6.45) is -2.36. The lowest BCUT2D eigenvalue weighted by molar-refractivity contribution is -0.0152.